The highest BCUT2D eigenvalue weighted by atomic mass is 32.2. The maximum atomic E-state index is 13.1. The number of benzene rings is 2. The van der Waals surface area contributed by atoms with E-state index in [1.165, 1.54) is 23.9 Å². The van der Waals surface area contributed by atoms with Crippen LogP contribution in [0.2, 0.25) is 0 Å². The summed E-state index contributed by atoms with van der Waals surface area (Å²) < 4.78 is 24.5. The van der Waals surface area contributed by atoms with Crippen LogP contribution < -0.4 is 14.8 Å². The van der Waals surface area contributed by atoms with Crippen LogP contribution >= 0.6 is 11.8 Å². The Labute approximate surface area is 171 Å². The van der Waals surface area contributed by atoms with Gasteiger partial charge in [-0.2, -0.15) is 5.10 Å². The lowest BCUT2D eigenvalue weighted by molar-refractivity contribution is -0.113. The van der Waals surface area contributed by atoms with E-state index in [0.717, 1.165) is 22.4 Å². The molecule has 29 heavy (non-hydrogen) atoms. The summed E-state index contributed by atoms with van der Waals surface area (Å²) in [5, 5.41) is 9.94. The zero-order valence-corrected chi connectivity index (χ0v) is 16.8. The fourth-order valence-electron chi connectivity index (χ4n) is 3.24. The molecule has 2 aromatic carbocycles. The third kappa shape index (κ3) is 4.07. The maximum absolute atomic E-state index is 13.1. The van der Waals surface area contributed by atoms with Crippen molar-refractivity contribution in [2.24, 2.45) is 0 Å². The summed E-state index contributed by atoms with van der Waals surface area (Å²) in [5.74, 6) is 1.74. The number of ether oxygens (including phenoxy) is 2. The van der Waals surface area contributed by atoms with E-state index < -0.39 is 0 Å². The van der Waals surface area contributed by atoms with Crippen LogP contribution in [-0.4, -0.2) is 29.0 Å². The van der Waals surface area contributed by atoms with Gasteiger partial charge in [0.15, 0.2) is 17.3 Å². The number of aromatic amines is 1. The molecule has 0 saturated heterocycles. The normalized spacial score (nSPS) is 16.0. The first-order valence-corrected chi connectivity index (χ1v) is 10.1. The van der Waals surface area contributed by atoms with E-state index in [4.69, 9.17) is 9.47 Å². The Kier molecular flexibility index (Phi) is 5.44. The van der Waals surface area contributed by atoms with E-state index in [9.17, 15) is 9.18 Å². The molecule has 2 heterocycles. The average molecular weight is 413 g/mol. The summed E-state index contributed by atoms with van der Waals surface area (Å²) >= 11 is 1.54. The molecular formula is C21H20FN3O3S. The number of halogens is 1. The van der Waals surface area contributed by atoms with Crippen molar-refractivity contribution >= 4 is 23.5 Å². The molecule has 1 aromatic heterocycles. The molecule has 6 nitrogen and oxygen atoms in total. The van der Waals surface area contributed by atoms with Gasteiger partial charge in [-0.3, -0.25) is 9.89 Å². The van der Waals surface area contributed by atoms with Gasteiger partial charge < -0.3 is 14.8 Å². The number of aryl methyl sites for hydroxylation is 1. The van der Waals surface area contributed by atoms with Crippen LogP contribution in [0.3, 0.4) is 0 Å². The molecule has 0 saturated carbocycles. The summed E-state index contributed by atoms with van der Waals surface area (Å²) in [7, 11) is 1.59. The minimum atomic E-state index is -0.279. The molecule has 1 aliphatic rings. The molecule has 8 heteroatoms. The molecule has 0 aliphatic carbocycles. The molecule has 1 atom stereocenters. The fraction of sp³-hybridized carbons (Fsp3) is 0.238. The van der Waals surface area contributed by atoms with Crippen LogP contribution in [0.5, 0.6) is 11.5 Å². The standard InChI is InChI=1S/C21H20FN3O3S/c1-12-19-20(29-11-18(26)23-21(19)25-24-12)14-5-8-16(17(9-14)27-2)28-10-13-3-6-15(22)7-4-13/h3-9,20H,10-11H2,1-2H3,(H2,23,24,25,26). The van der Waals surface area contributed by atoms with Crippen molar-refractivity contribution in [2.75, 3.05) is 18.2 Å². The smallest absolute Gasteiger partial charge is 0.235 e. The van der Waals surface area contributed by atoms with Gasteiger partial charge in [0.25, 0.3) is 0 Å². The second-order valence-corrected chi connectivity index (χ2v) is 7.77. The van der Waals surface area contributed by atoms with Crippen molar-refractivity contribution in [3.8, 4) is 11.5 Å². The Balaban J connectivity index is 1.60. The first-order chi connectivity index (χ1) is 14.0. The van der Waals surface area contributed by atoms with Gasteiger partial charge in [0.05, 0.1) is 18.1 Å². The monoisotopic (exact) mass is 413 g/mol. The van der Waals surface area contributed by atoms with Gasteiger partial charge >= 0.3 is 0 Å². The Morgan fingerprint density at radius 1 is 1.21 bits per heavy atom. The third-order valence-corrected chi connectivity index (χ3v) is 5.96. The van der Waals surface area contributed by atoms with Crippen LogP contribution in [0.1, 0.15) is 27.6 Å². The first-order valence-electron chi connectivity index (χ1n) is 9.06. The molecule has 2 N–H and O–H groups in total. The Hall–Kier alpha value is -3.00. The number of hydrogen-bond donors (Lipinski definition) is 2. The Bertz CT molecular complexity index is 1040. The summed E-state index contributed by atoms with van der Waals surface area (Å²) in [6.07, 6.45) is 0. The lowest BCUT2D eigenvalue weighted by Crippen LogP contribution is -2.12. The summed E-state index contributed by atoms with van der Waals surface area (Å²) in [6.45, 7) is 2.24. The highest BCUT2D eigenvalue weighted by Crippen LogP contribution is 2.44. The highest BCUT2D eigenvalue weighted by molar-refractivity contribution is 8.00. The SMILES string of the molecule is COc1cc(C2SCC(=O)Nc3n[nH]c(C)c32)ccc1OCc1ccc(F)cc1. The molecule has 3 aromatic rings. The number of carbonyl (C=O) groups is 1. The van der Waals surface area contributed by atoms with E-state index in [-0.39, 0.29) is 17.0 Å². The molecule has 1 unspecified atom stereocenters. The van der Waals surface area contributed by atoms with Gasteiger partial charge in [-0.15, -0.1) is 11.8 Å². The van der Waals surface area contributed by atoms with Crippen LogP contribution in [0.4, 0.5) is 10.2 Å². The van der Waals surface area contributed by atoms with Crippen LogP contribution in [-0.2, 0) is 11.4 Å². The number of aromatic nitrogens is 2. The average Bonchev–Trinajstić information content (AvgIpc) is 2.98. The number of H-pyrrole nitrogens is 1. The maximum Gasteiger partial charge on any atom is 0.235 e. The Morgan fingerprint density at radius 3 is 2.76 bits per heavy atom. The molecule has 1 aliphatic heterocycles. The van der Waals surface area contributed by atoms with Crippen LogP contribution in [0.25, 0.3) is 0 Å². The lowest BCUT2D eigenvalue weighted by Gasteiger charge is -2.18. The number of nitrogens with one attached hydrogen (secondary N) is 2. The second-order valence-electron chi connectivity index (χ2n) is 6.68. The van der Waals surface area contributed by atoms with E-state index in [1.54, 1.807) is 19.2 Å². The van der Waals surface area contributed by atoms with Gasteiger partial charge in [-0.25, -0.2) is 4.39 Å². The number of rotatable bonds is 5. The number of nitrogens with zero attached hydrogens (tertiary/aromatic N) is 1. The van der Waals surface area contributed by atoms with Gasteiger partial charge in [0, 0.05) is 11.3 Å². The predicted octanol–water partition coefficient (Wildman–Crippen LogP) is 4.22. The molecule has 0 bridgehead atoms. The molecule has 0 radical (unpaired) electrons. The number of hydrogen-bond acceptors (Lipinski definition) is 5. The summed E-state index contributed by atoms with van der Waals surface area (Å²) in [4.78, 5) is 12.0. The molecule has 1 amide bonds. The van der Waals surface area contributed by atoms with Crippen molar-refractivity contribution in [1.82, 2.24) is 10.2 Å². The topological polar surface area (TPSA) is 76.2 Å². The van der Waals surface area contributed by atoms with Gasteiger partial charge in [0.2, 0.25) is 5.91 Å². The molecule has 0 fully saturated rings. The van der Waals surface area contributed by atoms with E-state index >= 15 is 0 Å². The first kappa shape index (κ1) is 19.3. The molecule has 150 valence electrons. The molecule has 0 spiro atoms. The quantitative estimate of drug-likeness (QED) is 0.655. The minimum absolute atomic E-state index is 0.0669. The molecular weight excluding hydrogens is 393 g/mol. The lowest BCUT2D eigenvalue weighted by atomic mass is 10.0. The predicted molar refractivity (Wildman–Crippen MR) is 110 cm³/mol. The largest absolute Gasteiger partial charge is 0.493 e. The summed E-state index contributed by atoms with van der Waals surface area (Å²) in [5.41, 5.74) is 3.72. The van der Waals surface area contributed by atoms with Gasteiger partial charge in [0.1, 0.15) is 12.4 Å². The molecule has 4 rings (SSSR count). The van der Waals surface area contributed by atoms with E-state index in [0.29, 0.717) is 29.7 Å². The number of thioether (sulfide) groups is 1. The van der Waals surface area contributed by atoms with Gasteiger partial charge in [-0.1, -0.05) is 18.2 Å². The highest BCUT2D eigenvalue weighted by Gasteiger charge is 2.28. The van der Waals surface area contributed by atoms with Crippen LogP contribution in [0, 0.1) is 12.7 Å². The summed E-state index contributed by atoms with van der Waals surface area (Å²) in [6, 6.07) is 11.9. The zero-order chi connectivity index (χ0) is 20.4. The van der Waals surface area contributed by atoms with Crippen molar-refractivity contribution in [3.05, 3.63) is 70.7 Å². The number of carbonyl (C=O) groups excluding carboxylic acids is 1. The number of fused-ring (bicyclic) bond motifs is 1. The van der Waals surface area contributed by atoms with E-state index in [2.05, 4.69) is 15.5 Å². The second kappa shape index (κ2) is 8.16. The minimum Gasteiger partial charge on any atom is -0.493 e. The number of amides is 1. The number of methoxy groups -OCH3 is 1. The van der Waals surface area contributed by atoms with Crippen molar-refractivity contribution in [1.29, 1.82) is 0 Å². The van der Waals surface area contributed by atoms with Crippen LogP contribution in [0.15, 0.2) is 42.5 Å². The Morgan fingerprint density at radius 2 is 2.00 bits per heavy atom. The van der Waals surface area contributed by atoms with Crippen molar-refractivity contribution in [2.45, 2.75) is 18.8 Å². The third-order valence-electron chi connectivity index (χ3n) is 4.69. The van der Waals surface area contributed by atoms with E-state index in [1.807, 2.05) is 25.1 Å². The van der Waals surface area contributed by atoms with Crippen molar-refractivity contribution < 1.29 is 18.7 Å². The number of anilines is 1. The fourth-order valence-corrected chi connectivity index (χ4v) is 4.42. The van der Waals surface area contributed by atoms with Crippen molar-refractivity contribution in [3.63, 3.8) is 0 Å². The zero-order valence-electron chi connectivity index (χ0n) is 16.0. The van der Waals surface area contributed by atoms with Gasteiger partial charge in [-0.05, 0) is 42.3 Å².